The van der Waals surface area contributed by atoms with Gasteiger partial charge < -0.3 is 10.2 Å². The Morgan fingerprint density at radius 1 is 0.949 bits per heavy atom. The van der Waals surface area contributed by atoms with E-state index in [1.807, 2.05) is 58.9 Å². The number of carbonyl (C=O) groups is 2. The van der Waals surface area contributed by atoms with Crippen LogP contribution in [0.5, 0.6) is 0 Å². The smallest absolute Gasteiger partial charge is 0.264 e. The number of aryl methyl sites for hydroxylation is 1. The summed E-state index contributed by atoms with van der Waals surface area (Å²) in [6, 6.07) is 21.1. The van der Waals surface area contributed by atoms with Gasteiger partial charge in [-0.3, -0.25) is 13.9 Å². The number of sulfonamides is 1. The largest absolute Gasteiger partial charge is 0.350 e. The van der Waals surface area contributed by atoms with Crippen molar-refractivity contribution in [3.05, 3.63) is 95.0 Å². The van der Waals surface area contributed by atoms with Crippen LogP contribution in [-0.4, -0.2) is 43.3 Å². The van der Waals surface area contributed by atoms with Crippen molar-refractivity contribution in [2.45, 2.75) is 64.1 Å². The van der Waals surface area contributed by atoms with Crippen molar-refractivity contribution in [1.29, 1.82) is 0 Å². The molecule has 3 aromatic carbocycles. The second-order valence-corrected chi connectivity index (χ2v) is 12.8. The summed E-state index contributed by atoms with van der Waals surface area (Å²) >= 11 is 6.07. The van der Waals surface area contributed by atoms with Crippen LogP contribution in [0.25, 0.3) is 0 Å². The lowest BCUT2D eigenvalue weighted by atomic mass is 10.0. The number of benzene rings is 3. The molecular weight excluding hydrogens is 534 g/mol. The average Bonchev–Trinajstić information content (AvgIpc) is 2.87. The molecule has 0 aliphatic carbocycles. The molecule has 9 heteroatoms. The summed E-state index contributed by atoms with van der Waals surface area (Å²) in [5.41, 5.74) is 1.64. The van der Waals surface area contributed by atoms with Crippen molar-refractivity contribution in [3.8, 4) is 0 Å². The summed E-state index contributed by atoms with van der Waals surface area (Å²) in [5, 5.41) is 3.41. The lowest BCUT2D eigenvalue weighted by molar-refractivity contribution is -0.141. The molecule has 39 heavy (non-hydrogen) atoms. The number of carbonyl (C=O) groups excluding carboxylic acids is 2. The number of anilines is 1. The summed E-state index contributed by atoms with van der Waals surface area (Å²) in [6.45, 7) is 9.06. The summed E-state index contributed by atoms with van der Waals surface area (Å²) in [7, 11) is -4.11. The first kappa shape index (κ1) is 30.2. The van der Waals surface area contributed by atoms with Crippen molar-refractivity contribution in [2.24, 2.45) is 0 Å². The molecule has 208 valence electrons. The molecule has 1 atom stereocenters. The number of nitrogens with zero attached hydrogens (tertiary/aromatic N) is 2. The SMILES string of the molecule is CC[C@@H](C(=O)NC(C)(C)C)N(Cc1cccc(C)c1)C(=O)CN(c1ccc(Cl)cc1)S(=O)(=O)c1ccccc1. The van der Waals surface area contributed by atoms with E-state index in [4.69, 9.17) is 11.6 Å². The van der Waals surface area contributed by atoms with Gasteiger partial charge in [0.2, 0.25) is 11.8 Å². The first-order valence-electron chi connectivity index (χ1n) is 12.8. The van der Waals surface area contributed by atoms with Crippen molar-refractivity contribution < 1.29 is 18.0 Å². The third kappa shape index (κ3) is 8.07. The molecule has 2 amide bonds. The molecule has 7 nitrogen and oxygen atoms in total. The third-order valence-corrected chi connectivity index (χ3v) is 8.08. The van der Waals surface area contributed by atoms with Gasteiger partial charge in [-0.15, -0.1) is 0 Å². The topological polar surface area (TPSA) is 86.8 Å². The molecule has 3 rings (SSSR count). The van der Waals surface area contributed by atoms with Gasteiger partial charge in [-0.1, -0.05) is 66.6 Å². The molecule has 0 unspecified atom stereocenters. The second kappa shape index (κ2) is 12.7. The van der Waals surface area contributed by atoms with Crippen LogP contribution in [0.3, 0.4) is 0 Å². The maximum absolute atomic E-state index is 14.0. The fraction of sp³-hybridized carbons (Fsp3) is 0.333. The molecule has 0 heterocycles. The van der Waals surface area contributed by atoms with Crippen LogP contribution in [-0.2, 0) is 26.2 Å². The second-order valence-electron chi connectivity index (χ2n) is 10.5. The van der Waals surface area contributed by atoms with E-state index in [0.29, 0.717) is 17.1 Å². The molecule has 0 bridgehead atoms. The Kier molecular flexibility index (Phi) is 9.80. The van der Waals surface area contributed by atoms with E-state index in [1.165, 1.54) is 17.0 Å². The normalized spacial score (nSPS) is 12.5. The fourth-order valence-corrected chi connectivity index (χ4v) is 5.80. The number of hydrogen-bond donors (Lipinski definition) is 1. The van der Waals surface area contributed by atoms with Crippen LogP contribution in [0.2, 0.25) is 5.02 Å². The first-order valence-corrected chi connectivity index (χ1v) is 14.6. The Hall–Kier alpha value is -3.36. The average molecular weight is 570 g/mol. The quantitative estimate of drug-likeness (QED) is 0.346. The van der Waals surface area contributed by atoms with Gasteiger partial charge in [0, 0.05) is 17.1 Å². The van der Waals surface area contributed by atoms with Crippen LogP contribution in [0.1, 0.15) is 45.2 Å². The van der Waals surface area contributed by atoms with Crippen LogP contribution in [0, 0.1) is 6.92 Å². The monoisotopic (exact) mass is 569 g/mol. The van der Waals surface area contributed by atoms with Gasteiger partial charge in [-0.25, -0.2) is 8.42 Å². The van der Waals surface area contributed by atoms with Gasteiger partial charge >= 0.3 is 0 Å². The van der Waals surface area contributed by atoms with Crippen LogP contribution in [0.15, 0.2) is 83.8 Å². The predicted molar refractivity (Wildman–Crippen MR) is 156 cm³/mol. The molecule has 0 aromatic heterocycles. The molecule has 0 saturated carbocycles. The van der Waals surface area contributed by atoms with E-state index in [-0.39, 0.29) is 17.3 Å². The van der Waals surface area contributed by atoms with Crippen LogP contribution in [0.4, 0.5) is 5.69 Å². The van der Waals surface area contributed by atoms with E-state index in [2.05, 4.69) is 5.32 Å². The lowest BCUT2D eigenvalue weighted by Gasteiger charge is -2.34. The molecule has 1 N–H and O–H groups in total. The van der Waals surface area contributed by atoms with Gasteiger partial charge in [0.25, 0.3) is 10.0 Å². The number of amides is 2. The molecule has 0 fully saturated rings. The number of rotatable bonds is 10. The van der Waals surface area contributed by atoms with Crippen molar-refractivity contribution >= 4 is 39.1 Å². The van der Waals surface area contributed by atoms with Crippen molar-refractivity contribution in [3.63, 3.8) is 0 Å². The number of hydrogen-bond acceptors (Lipinski definition) is 4. The van der Waals surface area contributed by atoms with Crippen molar-refractivity contribution in [2.75, 3.05) is 10.8 Å². The molecule has 0 radical (unpaired) electrons. The Morgan fingerprint density at radius 3 is 2.15 bits per heavy atom. The third-order valence-electron chi connectivity index (χ3n) is 6.04. The lowest BCUT2D eigenvalue weighted by Crippen LogP contribution is -2.55. The highest BCUT2D eigenvalue weighted by Crippen LogP contribution is 2.26. The summed E-state index contributed by atoms with van der Waals surface area (Å²) in [5.74, 6) is -0.795. The van der Waals surface area contributed by atoms with Crippen LogP contribution < -0.4 is 9.62 Å². The molecule has 0 aliphatic heterocycles. The zero-order valence-corrected chi connectivity index (χ0v) is 24.6. The fourth-order valence-electron chi connectivity index (χ4n) is 4.24. The zero-order chi connectivity index (χ0) is 28.8. The maximum atomic E-state index is 14.0. The summed E-state index contributed by atoms with van der Waals surface area (Å²) < 4.78 is 28.6. The van der Waals surface area contributed by atoms with E-state index >= 15 is 0 Å². The van der Waals surface area contributed by atoms with Gasteiger partial charge in [0.15, 0.2) is 0 Å². The van der Waals surface area contributed by atoms with E-state index in [9.17, 15) is 18.0 Å². The Balaban J connectivity index is 2.06. The Bertz CT molecular complexity index is 1390. The summed E-state index contributed by atoms with van der Waals surface area (Å²) in [4.78, 5) is 28.9. The Morgan fingerprint density at radius 2 is 1.59 bits per heavy atom. The van der Waals surface area contributed by atoms with Crippen LogP contribution >= 0.6 is 11.6 Å². The van der Waals surface area contributed by atoms with E-state index in [0.717, 1.165) is 15.4 Å². The highest BCUT2D eigenvalue weighted by Gasteiger charge is 2.34. The minimum atomic E-state index is -4.11. The molecule has 3 aromatic rings. The van der Waals surface area contributed by atoms with Gasteiger partial charge in [0.1, 0.15) is 12.6 Å². The van der Waals surface area contributed by atoms with Gasteiger partial charge in [-0.2, -0.15) is 0 Å². The maximum Gasteiger partial charge on any atom is 0.264 e. The van der Waals surface area contributed by atoms with Gasteiger partial charge in [-0.05, 0) is 76.1 Å². The molecular formula is C30H36ClN3O4S. The Labute approximate surface area is 236 Å². The molecule has 0 spiro atoms. The molecule has 0 aliphatic rings. The summed E-state index contributed by atoms with van der Waals surface area (Å²) in [6.07, 6.45) is 0.353. The predicted octanol–water partition coefficient (Wildman–Crippen LogP) is 5.57. The first-order chi connectivity index (χ1) is 18.3. The van der Waals surface area contributed by atoms with E-state index < -0.39 is 34.1 Å². The number of halogens is 1. The zero-order valence-electron chi connectivity index (χ0n) is 23.0. The minimum absolute atomic E-state index is 0.0514. The standard InChI is InChI=1S/C30H36ClN3O4S/c1-6-27(29(36)32-30(3,4)5)33(20-23-12-10-11-22(2)19-23)28(35)21-34(25-17-15-24(31)16-18-25)39(37,38)26-13-8-7-9-14-26/h7-19,27H,6,20-21H2,1-5H3,(H,32,36)/t27-/m0/s1. The number of nitrogens with one attached hydrogen (secondary N) is 1. The highest BCUT2D eigenvalue weighted by molar-refractivity contribution is 7.92. The minimum Gasteiger partial charge on any atom is -0.350 e. The van der Waals surface area contributed by atoms with Gasteiger partial charge in [0.05, 0.1) is 10.6 Å². The molecule has 0 saturated heterocycles. The van der Waals surface area contributed by atoms with Crippen molar-refractivity contribution in [1.82, 2.24) is 10.2 Å². The highest BCUT2D eigenvalue weighted by atomic mass is 35.5. The van der Waals surface area contributed by atoms with E-state index in [1.54, 1.807) is 42.5 Å².